The quantitative estimate of drug-likeness (QED) is 0.890. The highest BCUT2D eigenvalue weighted by Crippen LogP contribution is 2.38. The summed E-state index contributed by atoms with van der Waals surface area (Å²) in [7, 11) is 3.37. The van der Waals surface area contributed by atoms with Crippen molar-refractivity contribution in [3.8, 4) is 5.75 Å². The van der Waals surface area contributed by atoms with Crippen molar-refractivity contribution in [1.82, 2.24) is 0 Å². The average Bonchev–Trinajstić information content (AvgIpc) is 2.22. The maximum atomic E-state index is 8.82. The molecule has 0 amide bonds. The second-order valence-electron chi connectivity index (χ2n) is 3.06. The number of aliphatic hydroxyl groups is 1. The van der Waals surface area contributed by atoms with Crippen LogP contribution in [0.3, 0.4) is 0 Å². The minimum Gasteiger partial charge on any atom is -0.495 e. The van der Waals surface area contributed by atoms with E-state index in [9.17, 15) is 0 Å². The van der Waals surface area contributed by atoms with E-state index >= 15 is 0 Å². The van der Waals surface area contributed by atoms with Gasteiger partial charge in [0.15, 0.2) is 0 Å². The molecule has 0 saturated carbocycles. The Morgan fingerprint density at radius 2 is 2.00 bits per heavy atom. The molecule has 1 aromatic rings. The topological polar surface area (TPSA) is 32.7 Å². The average molecular weight is 250 g/mol. The normalized spacial score (nSPS) is 10.2. The van der Waals surface area contributed by atoms with Crippen LogP contribution in [0.25, 0.3) is 0 Å². The summed E-state index contributed by atoms with van der Waals surface area (Å²) in [6, 6.07) is 3.56. The van der Waals surface area contributed by atoms with Gasteiger partial charge in [-0.1, -0.05) is 23.2 Å². The number of halogens is 2. The largest absolute Gasteiger partial charge is 0.495 e. The van der Waals surface area contributed by atoms with Crippen molar-refractivity contribution in [1.29, 1.82) is 0 Å². The molecule has 1 aromatic carbocycles. The van der Waals surface area contributed by atoms with E-state index in [0.717, 1.165) is 5.69 Å². The van der Waals surface area contributed by atoms with Crippen molar-refractivity contribution >= 4 is 28.9 Å². The number of benzene rings is 1. The molecular weight excluding hydrogens is 237 g/mol. The number of aliphatic hydroxyl groups excluding tert-OH is 1. The van der Waals surface area contributed by atoms with Gasteiger partial charge in [-0.3, -0.25) is 0 Å². The van der Waals surface area contributed by atoms with Gasteiger partial charge >= 0.3 is 0 Å². The molecule has 0 aliphatic carbocycles. The Morgan fingerprint density at radius 3 is 2.53 bits per heavy atom. The number of hydrogen-bond donors (Lipinski definition) is 1. The zero-order valence-electron chi connectivity index (χ0n) is 8.63. The van der Waals surface area contributed by atoms with Crippen molar-refractivity contribution in [2.75, 3.05) is 32.2 Å². The van der Waals surface area contributed by atoms with E-state index in [2.05, 4.69) is 0 Å². The molecule has 0 aliphatic heterocycles. The van der Waals surface area contributed by atoms with Crippen LogP contribution in [-0.4, -0.2) is 32.4 Å². The number of ether oxygens (including phenoxy) is 1. The van der Waals surface area contributed by atoms with Crippen LogP contribution in [0.1, 0.15) is 0 Å². The van der Waals surface area contributed by atoms with Gasteiger partial charge in [0.1, 0.15) is 10.8 Å². The van der Waals surface area contributed by atoms with Crippen LogP contribution in [0, 0.1) is 0 Å². The SMILES string of the molecule is COc1ccc(N(C)CCO)c(Cl)c1Cl. The Morgan fingerprint density at radius 1 is 1.33 bits per heavy atom. The highest BCUT2D eigenvalue weighted by molar-refractivity contribution is 6.44. The van der Waals surface area contributed by atoms with Crippen molar-refractivity contribution in [2.24, 2.45) is 0 Å². The number of hydrogen-bond acceptors (Lipinski definition) is 3. The van der Waals surface area contributed by atoms with Gasteiger partial charge in [-0.2, -0.15) is 0 Å². The van der Waals surface area contributed by atoms with Gasteiger partial charge in [-0.25, -0.2) is 0 Å². The van der Waals surface area contributed by atoms with Gasteiger partial charge in [0.25, 0.3) is 0 Å². The first-order valence-electron chi connectivity index (χ1n) is 4.45. The molecule has 0 bridgehead atoms. The lowest BCUT2D eigenvalue weighted by Gasteiger charge is -2.20. The fourth-order valence-corrected chi connectivity index (χ4v) is 1.78. The molecule has 0 heterocycles. The monoisotopic (exact) mass is 249 g/mol. The summed E-state index contributed by atoms with van der Waals surface area (Å²) in [4.78, 5) is 1.83. The third kappa shape index (κ3) is 2.68. The summed E-state index contributed by atoms with van der Waals surface area (Å²) >= 11 is 12.1. The van der Waals surface area contributed by atoms with Gasteiger partial charge in [0.2, 0.25) is 0 Å². The van der Waals surface area contributed by atoms with E-state index in [1.165, 1.54) is 7.11 Å². The van der Waals surface area contributed by atoms with E-state index in [1.807, 2.05) is 18.0 Å². The Balaban J connectivity index is 3.06. The number of anilines is 1. The Labute approximate surface area is 99.2 Å². The molecule has 5 heteroatoms. The third-order valence-electron chi connectivity index (χ3n) is 2.09. The van der Waals surface area contributed by atoms with E-state index < -0.39 is 0 Å². The van der Waals surface area contributed by atoms with Crippen LogP contribution in [0.4, 0.5) is 5.69 Å². The Hall–Kier alpha value is -0.640. The Bertz CT molecular complexity index is 344. The molecule has 0 aliphatic rings. The lowest BCUT2D eigenvalue weighted by atomic mass is 10.2. The molecular formula is C10H13Cl2NO2. The third-order valence-corrected chi connectivity index (χ3v) is 2.95. The summed E-state index contributed by atoms with van der Waals surface area (Å²) in [5.41, 5.74) is 0.775. The minimum atomic E-state index is 0.0659. The molecule has 0 unspecified atom stereocenters. The van der Waals surface area contributed by atoms with E-state index in [-0.39, 0.29) is 6.61 Å². The number of nitrogens with zero attached hydrogens (tertiary/aromatic N) is 1. The second-order valence-corrected chi connectivity index (χ2v) is 3.82. The first-order valence-corrected chi connectivity index (χ1v) is 5.21. The summed E-state index contributed by atoms with van der Waals surface area (Å²) in [5.74, 6) is 0.544. The predicted molar refractivity (Wildman–Crippen MR) is 63.4 cm³/mol. The highest BCUT2D eigenvalue weighted by Gasteiger charge is 2.12. The van der Waals surface area contributed by atoms with Crippen LogP contribution in [0.5, 0.6) is 5.75 Å². The molecule has 1 rings (SSSR count). The molecule has 0 spiro atoms. The lowest BCUT2D eigenvalue weighted by Crippen LogP contribution is -2.21. The van der Waals surface area contributed by atoms with E-state index in [4.69, 9.17) is 33.0 Å². The zero-order valence-corrected chi connectivity index (χ0v) is 10.1. The Kier molecular flexibility index (Phi) is 4.51. The van der Waals surface area contributed by atoms with E-state index in [0.29, 0.717) is 22.3 Å². The predicted octanol–water partition coefficient (Wildman–Crippen LogP) is 2.43. The fraction of sp³-hybridized carbons (Fsp3) is 0.400. The van der Waals surface area contributed by atoms with Gasteiger partial charge in [0.05, 0.1) is 24.4 Å². The van der Waals surface area contributed by atoms with Crippen LogP contribution < -0.4 is 9.64 Å². The second kappa shape index (κ2) is 5.45. The van der Waals surface area contributed by atoms with Crippen molar-refractivity contribution in [3.05, 3.63) is 22.2 Å². The molecule has 0 saturated heterocycles. The van der Waals surface area contributed by atoms with Crippen molar-refractivity contribution < 1.29 is 9.84 Å². The summed E-state index contributed by atoms with van der Waals surface area (Å²) in [6.45, 7) is 0.568. The fourth-order valence-electron chi connectivity index (χ4n) is 1.24. The number of methoxy groups -OCH3 is 1. The van der Waals surface area contributed by atoms with Gasteiger partial charge in [-0.05, 0) is 12.1 Å². The molecule has 1 N–H and O–H groups in total. The first kappa shape index (κ1) is 12.4. The summed E-state index contributed by atoms with van der Waals surface area (Å²) < 4.78 is 5.04. The zero-order chi connectivity index (χ0) is 11.4. The van der Waals surface area contributed by atoms with Gasteiger partial charge in [0, 0.05) is 13.6 Å². The minimum absolute atomic E-state index is 0.0659. The molecule has 0 aromatic heterocycles. The summed E-state index contributed by atoms with van der Waals surface area (Å²) in [6.07, 6.45) is 0. The van der Waals surface area contributed by atoms with Crippen molar-refractivity contribution in [2.45, 2.75) is 0 Å². The van der Waals surface area contributed by atoms with Gasteiger partial charge < -0.3 is 14.7 Å². The molecule has 0 atom stereocenters. The summed E-state index contributed by atoms with van der Waals surface area (Å²) in [5, 5.41) is 9.64. The van der Waals surface area contributed by atoms with Crippen LogP contribution in [-0.2, 0) is 0 Å². The molecule has 84 valence electrons. The lowest BCUT2D eigenvalue weighted by molar-refractivity contribution is 0.304. The molecule has 0 radical (unpaired) electrons. The maximum Gasteiger partial charge on any atom is 0.139 e. The number of likely N-dealkylation sites (N-methyl/N-ethyl adjacent to an activating group) is 1. The highest BCUT2D eigenvalue weighted by atomic mass is 35.5. The molecule has 0 fully saturated rings. The molecule has 15 heavy (non-hydrogen) atoms. The van der Waals surface area contributed by atoms with E-state index in [1.54, 1.807) is 6.07 Å². The molecule has 3 nitrogen and oxygen atoms in total. The first-order chi connectivity index (χ1) is 7.11. The number of rotatable bonds is 4. The van der Waals surface area contributed by atoms with Crippen molar-refractivity contribution in [3.63, 3.8) is 0 Å². The standard InChI is InChI=1S/C10H13Cl2NO2/c1-13(5-6-14)7-3-4-8(15-2)10(12)9(7)11/h3-4,14H,5-6H2,1-2H3. The smallest absolute Gasteiger partial charge is 0.139 e. The van der Waals surface area contributed by atoms with Crippen LogP contribution in [0.15, 0.2) is 12.1 Å². The van der Waals surface area contributed by atoms with Crippen LogP contribution >= 0.6 is 23.2 Å². The van der Waals surface area contributed by atoms with Gasteiger partial charge in [-0.15, -0.1) is 0 Å². The maximum absolute atomic E-state index is 8.82. The van der Waals surface area contributed by atoms with Crippen LogP contribution in [0.2, 0.25) is 10.0 Å².